The number of aromatic nitrogens is 1. The molecule has 0 bridgehead atoms. The molecule has 0 spiro atoms. The van der Waals surface area contributed by atoms with Gasteiger partial charge in [-0.2, -0.15) is 0 Å². The van der Waals surface area contributed by atoms with Crippen LogP contribution in [0.5, 0.6) is 5.88 Å². The summed E-state index contributed by atoms with van der Waals surface area (Å²) < 4.78 is 4.84. The number of hydrogen-bond donors (Lipinski definition) is 1. The number of hydrogen-bond acceptors (Lipinski definition) is 5. The Kier molecular flexibility index (Phi) is 3.15. The first-order valence-corrected chi connectivity index (χ1v) is 3.58. The highest BCUT2D eigenvalue weighted by molar-refractivity contribution is 5.39. The third kappa shape index (κ3) is 2.38. The van der Waals surface area contributed by atoms with E-state index in [1.807, 2.05) is 0 Å². The summed E-state index contributed by atoms with van der Waals surface area (Å²) in [7, 11) is 0. The Hall–Kier alpha value is -1.69. The van der Waals surface area contributed by atoms with E-state index in [1.54, 1.807) is 0 Å². The predicted octanol–water partition coefficient (Wildman–Crippen LogP) is 0.361. The van der Waals surface area contributed by atoms with E-state index < -0.39 is 4.92 Å². The van der Waals surface area contributed by atoms with Crippen LogP contribution in [0.3, 0.4) is 0 Å². The third-order valence-corrected chi connectivity index (χ3v) is 1.28. The van der Waals surface area contributed by atoms with E-state index in [0.717, 1.165) is 0 Å². The van der Waals surface area contributed by atoms with Gasteiger partial charge in [0.2, 0.25) is 0 Å². The SMILES string of the molecule is O=[N+]([O-])c1cccnc1OCCO. The van der Waals surface area contributed by atoms with Crippen LogP contribution in [0.4, 0.5) is 5.69 Å². The second kappa shape index (κ2) is 4.36. The summed E-state index contributed by atoms with van der Waals surface area (Å²) in [5, 5.41) is 18.8. The highest BCUT2D eigenvalue weighted by Crippen LogP contribution is 2.22. The number of aliphatic hydroxyl groups excluding tert-OH is 1. The molecule has 1 heterocycles. The molecule has 1 N–H and O–H groups in total. The normalized spacial score (nSPS) is 9.62. The Balaban J connectivity index is 2.84. The fourth-order valence-electron chi connectivity index (χ4n) is 0.775. The van der Waals surface area contributed by atoms with E-state index in [1.165, 1.54) is 18.3 Å². The maximum absolute atomic E-state index is 10.4. The molecule has 0 fully saturated rings. The molecule has 13 heavy (non-hydrogen) atoms. The summed E-state index contributed by atoms with van der Waals surface area (Å²) in [5.41, 5.74) is -0.198. The molecule has 70 valence electrons. The van der Waals surface area contributed by atoms with E-state index in [-0.39, 0.29) is 24.8 Å². The zero-order chi connectivity index (χ0) is 9.68. The Morgan fingerprint density at radius 1 is 1.69 bits per heavy atom. The van der Waals surface area contributed by atoms with Crippen LogP contribution in [0.1, 0.15) is 0 Å². The van der Waals surface area contributed by atoms with Crippen LogP contribution < -0.4 is 4.74 Å². The number of pyridine rings is 1. The first-order valence-electron chi connectivity index (χ1n) is 3.58. The Labute approximate surface area is 73.9 Å². The third-order valence-electron chi connectivity index (χ3n) is 1.28. The van der Waals surface area contributed by atoms with Crippen LogP contribution in [-0.4, -0.2) is 28.2 Å². The fraction of sp³-hybridized carbons (Fsp3) is 0.286. The summed E-state index contributed by atoms with van der Waals surface area (Å²) in [6.45, 7) is -0.203. The minimum Gasteiger partial charge on any atom is -0.470 e. The van der Waals surface area contributed by atoms with Gasteiger partial charge in [0.1, 0.15) is 6.61 Å². The minimum absolute atomic E-state index is 0.00213. The van der Waals surface area contributed by atoms with Gasteiger partial charge < -0.3 is 9.84 Å². The highest BCUT2D eigenvalue weighted by atomic mass is 16.6. The molecule has 0 aliphatic rings. The molecule has 1 rings (SSSR count). The van der Waals surface area contributed by atoms with Gasteiger partial charge in [0, 0.05) is 12.3 Å². The van der Waals surface area contributed by atoms with Gasteiger partial charge in [-0.05, 0) is 6.07 Å². The molecule has 1 aromatic heterocycles. The van der Waals surface area contributed by atoms with Gasteiger partial charge in [-0.25, -0.2) is 4.98 Å². The van der Waals surface area contributed by atoms with Crippen molar-refractivity contribution in [1.29, 1.82) is 0 Å². The van der Waals surface area contributed by atoms with Crippen LogP contribution in [0.2, 0.25) is 0 Å². The van der Waals surface area contributed by atoms with Gasteiger partial charge >= 0.3 is 5.69 Å². The van der Waals surface area contributed by atoms with Crippen LogP contribution in [0.25, 0.3) is 0 Å². The van der Waals surface area contributed by atoms with E-state index in [2.05, 4.69) is 4.98 Å². The molecule has 0 atom stereocenters. The van der Waals surface area contributed by atoms with Crippen LogP contribution in [0, 0.1) is 10.1 Å². The fourth-order valence-corrected chi connectivity index (χ4v) is 0.775. The average molecular weight is 184 g/mol. The molecule has 0 aliphatic heterocycles. The molecule has 6 nitrogen and oxygen atoms in total. The Bertz CT molecular complexity index is 302. The van der Waals surface area contributed by atoms with Gasteiger partial charge in [-0.1, -0.05) is 0 Å². The summed E-state index contributed by atoms with van der Waals surface area (Å²) in [4.78, 5) is 13.5. The predicted molar refractivity (Wildman–Crippen MR) is 43.5 cm³/mol. The summed E-state index contributed by atoms with van der Waals surface area (Å²) in [6, 6.07) is 2.74. The number of nitrogens with zero attached hydrogens (tertiary/aromatic N) is 2. The van der Waals surface area contributed by atoms with Crippen molar-refractivity contribution in [3.05, 3.63) is 28.4 Å². The number of nitro groups is 1. The second-order valence-corrected chi connectivity index (χ2v) is 2.16. The van der Waals surface area contributed by atoms with Gasteiger partial charge in [0.15, 0.2) is 0 Å². The number of aliphatic hydroxyl groups is 1. The first kappa shape index (κ1) is 9.40. The smallest absolute Gasteiger partial charge is 0.330 e. The van der Waals surface area contributed by atoms with Crippen LogP contribution >= 0.6 is 0 Å². The quantitative estimate of drug-likeness (QED) is 0.539. The molecular formula is C7H8N2O4. The van der Waals surface area contributed by atoms with Crippen LogP contribution in [0.15, 0.2) is 18.3 Å². The Morgan fingerprint density at radius 3 is 3.08 bits per heavy atom. The monoisotopic (exact) mass is 184 g/mol. The minimum atomic E-state index is -0.584. The van der Waals surface area contributed by atoms with E-state index >= 15 is 0 Å². The van der Waals surface area contributed by atoms with Crippen molar-refractivity contribution in [2.75, 3.05) is 13.2 Å². The Morgan fingerprint density at radius 2 is 2.46 bits per heavy atom. The molecule has 0 amide bonds. The summed E-state index contributed by atoms with van der Waals surface area (Å²) >= 11 is 0. The molecule has 0 aromatic carbocycles. The van der Waals surface area contributed by atoms with Gasteiger partial charge in [0.25, 0.3) is 5.88 Å². The summed E-state index contributed by atoms with van der Waals surface area (Å²) in [6.07, 6.45) is 1.39. The van der Waals surface area contributed by atoms with E-state index in [9.17, 15) is 10.1 Å². The van der Waals surface area contributed by atoms with Gasteiger partial charge in [-0.15, -0.1) is 0 Å². The van der Waals surface area contributed by atoms with Gasteiger partial charge in [-0.3, -0.25) is 10.1 Å². The average Bonchev–Trinajstić information content (AvgIpc) is 2.15. The topological polar surface area (TPSA) is 85.5 Å². The number of ether oxygens (including phenoxy) is 1. The zero-order valence-corrected chi connectivity index (χ0v) is 6.71. The molecule has 0 radical (unpaired) electrons. The lowest BCUT2D eigenvalue weighted by atomic mass is 10.4. The first-order chi connectivity index (χ1) is 6.25. The van der Waals surface area contributed by atoms with Crippen LogP contribution in [-0.2, 0) is 0 Å². The zero-order valence-electron chi connectivity index (χ0n) is 6.71. The molecule has 0 saturated heterocycles. The lowest BCUT2D eigenvalue weighted by Crippen LogP contribution is -2.05. The van der Waals surface area contributed by atoms with Crippen molar-refractivity contribution < 1.29 is 14.8 Å². The van der Waals surface area contributed by atoms with E-state index in [4.69, 9.17) is 9.84 Å². The largest absolute Gasteiger partial charge is 0.470 e. The molecule has 0 unspecified atom stereocenters. The van der Waals surface area contributed by atoms with Crippen molar-refractivity contribution in [3.63, 3.8) is 0 Å². The van der Waals surface area contributed by atoms with Crippen molar-refractivity contribution in [2.24, 2.45) is 0 Å². The van der Waals surface area contributed by atoms with Crippen molar-refractivity contribution in [1.82, 2.24) is 4.98 Å². The molecule has 0 saturated carbocycles. The maximum Gasteiger partial charge on any atom is 0.330 e. The maximum atomic E-state index is 10.4. The van der Waals surface area contributed by atoms with Gasteiger partial charge in [0.05, 0.1) is 11.5 Å². The lowest BCUT2D eigenvalue weighted by molar-refractivity contribution is -0.386. The highest BCUT2D eigenvalue weighted by Gasteiger charge is 2.14. The van der Waals surface area contributed by atoms with E-state index in [0.29, 0.717) is 0 Å². The standard InChI is InChI=1S/C7H8N2O4/c10-4-5-13-7-6(9(11)12)2-1-3-8-7/h1-3,10H,4-5H2. The molecule has 0 aliphatic carbocycles. The van der Waals surface area contributed by atoms with Crippen molar-refractivity contribution >= 4 is 5.69 Å². The molecule has 6 heteroatoms. The molecule has 1 aromatic rings. The second-order valence-electron chi connectivity index (χ2n) is 2.16. The van der Waals surface area contributed by atoms with Crippen molar-refractivity contribution in [2.45, 2.75) is 0 Å². The lowest BCUT2D eigenvalue weighted by Gasteiger charge is -2.01. The summed E-state index contributed by atoms with van der Waals surface area (Å²) in [5.74, 6) is -0.0680. The molecular weight excluding hydrogens is 176 g/mol. The number of rotatable bonds is 4. The van der Waals surface area contributed by atoms with Crippen molar-refractivity contribution in [3.8, 4) is 5.88 Å².